The van der Waals surface area contributed by atoms with Crippen molar-refractivity contribution in [1.29, 1.82) is 0 Å². The number of urea groups is 1. The van der Waals surface area contributed by atoms with E-state index in [0.717, 1.165) is 29.8 Å². The Morgan fingerprint density at radius 2 is 2.06 bits per heavy atom. The quantitative estimate of drug-likeness (QED) is 0.757. The van der Waals surface area contributed by atoms with Crippen molar-refractivity contribution in [3.8, 4) is 0 Å². The maximum absolute atomic E-state index is 13.6. The Bertz CT molecular complexity index is 1050. The van der Waals surface area contributed by atoms with Gasteiger partial charge in [0.05, 0.1) is 30.1 Å². The van der Waals surface area contributed by atoms with Gasteiger partial charge in [-0.15, -0.1) is 0 Å². The van der Waals surface area contributed by atoms with Crippen LogP contribution in [0.3, 0.4) is 0 Å². The molecule has 1 saturated carbocycles. The van der Waals surface area contributed by atoms with Gasteiger partial charge in [-0.25, -0.2) is 13.6 Å². The molecule has 2 amide bonds. The fraction of sp³-hybridized carbons (Fsp3) is 0.591. The number of amides is 2. The van der Waals surface area contributed by atoms with Crippen LogP contribution >= 0.6 is 0 Å². The Morgan fingerprint density at radius 3 is 2.75 bits per heavy atom. The van der Waals surface area contributed by atoms with Gasteiger partial charge in [-0.1, -0.05) is 0 Å². The Labute approximate surface area is 185 Å². The molecule has 3 aliphatic rings. The molecular formula is C22H28F2N6O2. The van der Waals surface area contributed by atoms with E-state index >= 15 is 0 Å². The van der Waals surface area contributed by atoms with Crippen molar-refractivity contribution < 1.29 is 18.7 Å². The number of rotatable bonds is 3. The zero-order chi connectivity index (χ0) is 22.6. The molecular weight excluding hydrogens is 418 g/mol. The van der Waals surface area contributed by atoms with Gasteiger partial charge in [-0.2, -0.15) is 5.10 Å². The van der Waals surface area contributed by atoms with Crippen molar-refractivity contribution in [2.45, 2.75) is 64.1 Å². The largest absolute Gasteiger partial charge is 0.393 e. The Hall–Kier alpha value is -2.75. The predicted octanol–water partition coefficient (Wildman–Crippen LogP) is 3.00. The molecule has 0 radical (unpaired) electrons. The number of hydrogen-bond donors (Lipinski definition) is 2. The van der Waals surface area contributed by atoms with Crippen LogP contribution < -0.4 is 10.2 Å². The summed E-state index contributed by atoms with van der Waals surface area (Å²) in [7, 11) is 1.61. The zero-order valence-electron chi connectivity index (χ0n) is 18.3. The lowest BCUT2D eigenvalue weighted by Crippen LogP contribution is -2.42. The molecule has 4 heterocycles. The van der Waals surface area contributed by atoms with Crippen LogP contribution in [0.4, 0.5) is 25.1 Å². The van der Waals surface area contributed by atoms with Crippen LogP contribution in [0, 0.1) is 6.92 Å². The van der Waals surface area contributed by atoms with E-state index in [1.807, 2.05) is 9.58 Å². The van der Waals surface area contributed by atoms with Gasteiger partial charge in [0.25, 0.3) is 6.43 Å². The number of pyridine rings is 1. The van der Waals surface area contributed by atoms with Crippen LogP contribution in [-0.2, 0) is 19.4 Å². The minimum Gasteiger partial charge on any atom is -0.393 e. The van der Waals surface area contributed by atoms with Crippen LogP contribution in [0.15, 0.2) is 6.07 Å². The zero-order valence-corrected chi connectivity index (χ0v) is 18.3. The number of carbonyl (C=O) groups excluding carboxylic acids is 1. The molecule has 2 aromatic heterocycles. The van der Waals surface area contributed by atoms with Gasteiger partial charge < -0.3 is 20.2 Å². The smallest absolute Gasteiger partial charge is 0.317 e. The second-order valence-electron chi connectivity index (χ2n) is 8.88. The number of alkyl halides is 2. The first-order valence-corrected chi connectivity index (χ1v) is 11.2. The van der Waals surface area contributed by atoms with E-state index in [0.29, 0.717) is 56.1 Å². The number of hydrogen-bond acceptors (Lipinski definition) is 5. The van der Waals surface area contributed by atoms with E-state index in [9.17, 15) is 18.7 Å². The number of nitrogens with zero attached hydrogens (tertiary/aromatic N) is 5. The Morgan fingerprint density at radius 1 is 1.28 bits per heavy atom. The van der Waals surface area contributed by atoms with E-state index in [1.165, 1.54) is 0 Å². The molecule has 2 aliphatic heterocycles. The lowest BCUT2D eigenvalue weighted by Gasteiger charge is -2.34. The lowest BCUT2D eigenvalue weighted by atomic mass is 9.89. The molecule has 0 unspecified atom stereocenters. The first-order valence-electron chi connectivity index (χ1n) is 11.2. The van der Waals surface area contributed by atoms with E-state index in [4.69, 9.17) is 5.10 Å². The summed E-state index contributed by atoms with van der Waals surface area (Å²) in [5, 5.41) is 17.5. The average molecular weight is 447 g/mol. The second-order valence-corrected chi connectivity index (χ2v) is 8.88. The Balaban J connectivity index is 1.60. The van der Waals surface area contributed by atoms with E-state index in [2.05, 4.69) is 10.3 Å². The number of aliphatic hydroxyl groups excluding tert-OH is 1. The van der Waals surface area contributed by atoms with Gasteiger partial charge in [0.15, 0.2) is 5.82 Å². The molecule has 0 bridgehead atoms. The summed E-state index contributed by atoms with van der Waals surface area (Å²) in [4.78, 5) is 20.6. The number of nitrogens with one attached hydrogen (secondary N) is 1. The molecule has 1 fully saturated rings. The Kier molecular flexibility index (Phi) is 5.27. The fourth-order valence-corrected chi connectivity index (χ4v) is 5.08. The third kappa shape index (κ3) is 3.41. The van der Waals surface area contributed by atoms with E-state index < -0.39 is 6.43 Å². The number of carbonyl (C=O) groups is 1. The summed E-state index contributed by atoms with van der Waals surface area (Å²) < 4.78 is 29.3. The highest BCUT2D eigenvalue weighted by Gasteiger charge is 2.37. The molecule has 8 nitrogen and oxygen atoms in total. The van der Waals surface area contributed by atoms with Crippen molar-refractivity contribution in [2.24, 2.45) is 0 Å². The van der Waals surface area contributed by atoms with Gasteiger partial charge in [-0.3, -0.25) is 9.67 Å². The van der Waals surface area contributed by atoms with Gasteiger partial charge in [0.2, 0.25) is 0 Å². The number of aromatic nitrogens is 3. The van der Waals surface area contributed by atoms with Crippen molar-refractivity contribution in [1.82, 2.24) is 25.0 Å². The highest BCUT2D eigenvalue weighted by Crippen LogP contribution is 2.42. The third-order valence-electron chi connectivity index (χ3n) is 6.89. The summed E-state index contributed by atoms with van der Waals surface area (Å²) in [6.07, 6.45) is 0.639. The molecule has 5 rings (SSSR count). The van der Waals surface area contributed by atoms with Gasteiger partial charge in [0, 0.05) is 49.1 Å². The molecule has 172 valence electrons. The SMILES string of the molecule is CNC(=O)N1CCc2c(c(N3CCCc4nc(C)c(C(F)F)cc43)nn2C2CC(O)C2)C1. The summed E-state index contributed by atoms with van der Waals surface area (Å²) in [6.45, 7) is 3.27. The molecule has 32 heavy (non-hydrogen) atoms. The average Bonchev–Trinajstić information content (AvgIpc) is 3.13. The fourth-order valence-electron chi connectivity index (χ4n) is 5.08. The molecule has 0 spiro atoms. The minimum absolute atomic E-state index is 0.0574. The normalized spacial score (nSPS) is 22.4. The van der Waals surface area contributed by atoms with E-state index in [-0.39, 0.29) is 23.7 Å². The molecule has 0 atom stereocenters. The van der Waals surface area contributed by atoms with Gasteiger partial charge in [-0.05, 0) is 38.7 Å². The van der Waals surface area contributed by atoms with Crippen molar-refractivity contribution in [3.05, 3.63) is 34.3 Å². The summed E-state index contributed by atoms with van der Waals surface area (Å²) in [6, 6.07) is 1.53. The summed E-state index contributed by atoms with van der Waals surface area (Å²) >= 11 is 0. The number of aryl methyl sites for hydroxylation is 2. The topological polar surface area (TPSA) is 86.5 Å². The molecule has 2 N–H and O–H groups in total. The van der Waals surface area contributed by atoms with Crippen LogP contribution in [0.5, 0.6) is 0 Å². The summed E-state index contributed by atoms with van der Waals surface area (Å²) in [5.41, 5.74) is 3.81. The maximum Gasteiger partial charge on any atom is 0.317 e. The second kappa shape index (κ2) is 7.99. The van der Waals surface area contributed by atoms with E-state index in [1.54, 1.807) is 24.9 Å². The standard InChI is InChI=1S/C22H28F2N6O2/c1-12-15(20(23)24)10-19-17(26-12)4-3-6-29(19)21-16-11-28(22(32)25-2)7-5-18(16)30(27-21)13-8-14(31)9-13/h10,13-14,20,31H,3-9,11H2,1-2H3,(H,25,32). The third-order valence-corrected chi connectivity index (χ3v) is 6.89. The molecule has 0 saturated heterocycles. The first-order chi connectivity index (χ1) is 15.4. The molecule has 2 aromatic rings. The van der Waals surface area contributed by atoms with Crippen molar-refractivity contribution >= 4 is 17.5 Å². The summed E-state index contributed by atoms with van der Waals surface area (Å²) in [5.74, 6) is 0.710. The van der Waals surface area contributed by atoms with Crippen LogP contribution in [0.1, 0.15) is 59.9 Å². The maximum atomic E-state index is 13.6. The van der Waals surface area contributed by atoms with Crippen LogP contribution in [0.25, 0.3) is 0 Å². The monoisotopic (exact) mass is 446 g/mol. The number of aliphatic hydroxyl groups is 1. The number of fused-ring (bicyclic) bond motifs is 2. The number of anilines is 2. The van der Waals surface area contributed by atoms with Crippen LogP contribution in [0.2, 0.25) is 0 Å². The molecule has 0 aromatic carbocycles. The predicted molar refractivity (Wildman–Crippen MR) is 114 cm³/mol. The lowest BCUT2D eigenvalue weighted by molar-refractivity contribution is 0.0419. The van der Waals surface area contributed by atoms with Crippen molar-refractivity contribution in [3.63, 3.8) is 0 Å². The van der Waals surface area contributed by atoms with Crippen molar-refractivity contribution in [2.75, 3.05) is 25.0 Å². The first kappa shape index (κ1) is 21.1. The van der Waals surface area contributed by atoms with Gasteiger partial charge >= 0.3 is 6.03 Å². The number of halogens is 2. The highest BCUT2D eigenvalue weighted by molar-refractivity contribution is 5.75. The highest BCUT2D eigenvalue weighted by atomic mass is 19.3. The van der Waals surface area contributed by atoms with Gasteiger partial charge in [0.1, 0.15) is 0 Å². The molecule has 1 aliphatic carbocycles. The minimum atomic E-state index is -2.59. The molecule has 10 heteroatoms. The van der Waals surface area contributed by atoms with Crippen LogP contribution in [-0.4, -0.2) is 57.0 Å².